The number of benzene rings is 1. The molecule has 0 aliphatic carbocycles. The summed E-state index contributed by atoms with van der Waals surface area (Å²) in [6.45, 7) is 0. The Balaban J connectivity index is 2.21. The largest absolute Gasteiger partial charge is 0.397 e. The predicted octanol–water partition coefficient (Wildman–Crippen LogP) is 2.82. The highest BCUT2D eigenvalue weighted by molar-refractivity contribution is 9.10. The van der Waals surface area contributed by atoms with Crippen LogP contribution in [0.4, 0.5) is 15.8 Å². The van der Waals surface area contributed by atoms with E-state index in [1.165, 1.54) is 30.5 Å². The summed E-state index contributed by atoms with van der Waals surface area (Å²) >= 11 is 3.22. The molecule has 2 rings (SSSR count). The molecule has 6 heteroatoms. The lowest BCUT2D eigenvalue weighted by atomic mass is 10.3. The molecular weight excluding hydrogens is 301 g/mol. The van der Waals surface area contributed by atoms with Gasteiger partial charge >= 0.3 is 0 Å². The number of pyridine rings is 1. The number of nitrogens with one attached hydrogen (secondary N) is 1. The Morgan fingerprint density at radius 2 is 2.11 bits per heavy atom. The van der Waals surface area contributed by atoms with Crippen molar-refractivity contribution >= 4 is 33.2 Å². The molecule has 0 fully saturated rings. The van der Waals surface area contributed by atoms with Crippen LogP contribution in [-0.4, -0.2) is 10.9 Å². The molecule has 0 atom stereocenters. The third-order valence-electron chi connectivity index (χ3n) is 2.20. The quantitative estimate of drug-likeness (QED) is 0.896. The normalized spacial score (nSPS) is 10.1. The monoisotopic (exact) mass is 309 g/mol. The maximum atomic E-state index is 13.0. The molecule has 3 N–H and O–H groups in total. The van der Waals surface area contributed by atoms with E-state index in [0.29, 0.717) is 15.8 Å². The summed E-state index contributed by atoms with van der Waals surface area (Å²) in [6.07, 6.45) is 1.38. The summed E-state index contributed by atoms with van der Waals surface area (Å²) in [7, 11) is 0. The average molecular weight is 310 g/mol. The van der Waals surface area contributed by atoms with Crippen molar-refractivity contribution in [1.29, 1.82) is 0 Å². The maximum Gasteiger partial charge on any atom is 0.274 e. The highest BCUT2D eigenvalue weighted by Gasteiger charge is 2.10. The lowest BCUT2D eigenvalue weighted by molar-refractivity contribution is 0.102. The van der Waals surface area contributed by atoms with Crippen molar-refractivity contribution in [3.8, 4) is 0 Å². The van der Waals surface area contributed by atoms with Crippen molar-refractivity contribution < 1.29 is 9.18 Å². The molecule has 92 valence electrons. The Hall–Kier alpha value is -1.95. The van der Waals surface area contributed by atoms with Gasteiger partial charge in [0.15, 0.2) is 0 Å². The molecule has 4 nitrogen and oxygen atoms in total. The predicted molar refractivity (Wildman–Crippen MR) is 70.7 cm³/mol. The second-order valence-electron chi connectivity index (χ2n) is 3.56. The van der Waals surface area contributed by atoms with Crippen molar-refractivity contribution in [2.24, 2.45) is 0 Å². The van der Waals surface area contributed by atoms with Crippen LogP contribution < -0.4 is 11.1 Å². The molecule has 0 radical (unpaired) electrons. The van der Waals surface area contributed by atoms with Gasteiger partial charge in [-0.15, -0.1) is 0 Å². The topological polar surface area (TPSA) is 68.0 Å². The molecule has 0 aliphatic rings. The summed E-state index contributed by atoms with van der Waals surface area (Å²) in [6, 6.07) is 7.10. The first-order chi connectivity index (χ1) is 8.56. The molecule has 1 heterocycles. The Bertz CT molecular complexity index is 586. The molecule has 1 amide bonds. The molecule has 0 unspecified atom stereocenters. The fraction of sp³-hybridized carbons (Fsp3) is 0. The van der Waals surface area contributed by atoms with E-state index < -0.39 is 11.7 Å². The zero-order chi connectivity index (χ0) is 13.1. The first kappa shape index (κ1) is 12.5. The number of carbonyl (C=O) groups excluding carboxylic acids is 1. The highest BCUT2D eigenvalue weighted by Crippen LogP contribution is 2.23. The van der Waals surface area contributed by atoms with Gasteiger partial charge in [-0.1, -0.05) is 0 Å². The van der Waals surface area contributed by atoms with E-state index in [0.717, 1.165) is 0 Å². The standard InChI is InChI=1S/C12H9BrFN3O/c13-9-3-1-7(14)5-11(9)17-12(18)10-4-2-8(15)6-16-10/h1-6H,15H2,(H,17,18). The van der Waals surface area contributed by atoms with Gasteiger partial charge in [-0.3, -0.25) is 4.79 Å². The number of carbonyl (C=O) groups is 1. The molecule has 0 bridgehead atoms. The highest BCUT2D eigenvalue weighted by atomic mass is 79.9. The van der Waals surface area contributed by atoms with Crippen molar-refractivity contribution in [2.75, 3.05) is 11.1 Å². The number of nitrogens with two attached hydrogens (primary N) is 1. The number of aromatic nitrogens is 1. The Kier molecular flexibility index (Phi) is 3.57. The zero-order valence-corrected chi connectivity index (χ0v) is 10.7. The van der Waals surface area contributed by atoms with Gasteiger partial charge in [-0.25, -0.2) is 9.37 Å². The second kappa shape index (κ2) is 5.14. The summed E-state index contributed by atoms with van der Waals surface area (Å²) in [5.74, 6) is -0.861. The second-order valence-corrected chi connectivity index (χ2v) is 4.41. The number of anilines is 2. The zero-order valence-electron chi connectivity index (χ0n) is 9.15. The molecule has 2 aromatic rings. The van der Waals surface area contributed by atoms with Crippen LogP contribution >= 0.6 is 15.9 Å². The van der Waals surface area contributed by atoms with Crippen LogP contribution in [0.15, 0.2) is 41.0 Å². The van der Waals surface area contributed by atoms with E-state index in [1.54, 1.807) is 6.07 Å². The lowest BCUT2D eigenvalue weighted by Crippen LogP contribution is -2.14. The first-order valence-corrected chi connectivity index (χ1v) is 5.83. The van der Waals surface area contributed by atoms with Crippen LogP contribution in [-0.2, 0) is 0 Å². The number of amides is 1. The maximum absolute atomic E-state index is 13.0. The minimum absolute atomic E-state index is 0.209. The summed E-state index contributed by atoms with van der Waals surface area (Å²) in [5, 5.41) is 2.56. The molecule has 0 saturated carbocycles. The molecule has 1 aromatic heterocycles. The molecule has 1 aromatic carbocycles. The van der Waals surface area contributed by atoms with E-state index in [4.69, 9.17) is 5.73 Å². The smallest absolute Gasteiger partial charge is 0.274 e. The van der Waals surface area contributed by atoms with Crippen LogP contribution in [0.2, 0.25) is 0 Å². The summed E-state index contributed by atoms with van der Waals surface area (Å²) < 4.78 is 13.6. The van der Waals surface area contributed by atoms with Gasteiger partial charge in [0.05, 0.1) is 17.6 Å². The average Bonchev–Trinajstić information content (AvgIpc) is 2.34. The van der Waals surface area contributed by atoms with E-state index in [9.17, 15) is 9.18 Å². The minimum atomic E-state index is -0.432. The Morgan fingerprint density at radius 1 is 1.33 bits per heavy atom. The van der Waals surface area contributed by atoms with Crippen molar-refractivity contribution in [3.63, 3.8) is 0 Å². The molecule has 0 aliphatic heterocycles. The minimum Gasteiger partial charge on any atom is -0.397 e. The van der Waals surface area contributed by atoms with Gasteiger partial charge in [0.25, 0.3) is 5.91 Å². The SMILES string of the molecule is Nc1ccc(C(=O)Nc2cc(F)ccc2Br)nc1. The van der Waals surface area contributed by atoms with E-state index in [-0.39, 0.29) is 5.69 Å². The van der Waals surface area contributed by atoms with Gasteiger partial charge in [0.2, 0.25) is 0 Å². The van der Waals surface area contributed by atoms with Gasteiger partial charge in [0.1, 0.15) is 11.5 Å². The van der Waals surface area contributed by atoms with Crippen LogP contribution in [0.3, 0.4) is 0 Å². The third-order valence-corrected chi connectivity index (χ3v) is 2.89. The van der Waals surface area contributed by atoms with Gasteiger partial charge in [0, 0.05) is 4.47 Å². The molecular formula is C12H9BrFN3O. The lowest BCUT2D eigenvalue weighted by Gasteiger charge is -2.07. The number of nitrogens with zero attached hydrogens (tertiary/aromatic N) is 1. The number of rotatable bonds is 2. The van der Waals surface area contributed by atoms with Crippen LogP contribution in [0.25, 0.3) is 0 Å². The number of halogens is 2. The molecule has 18 heavy (non-hydrogen) atoms. The van der Waals surface area contributed by atoms with Gasteiger partial charge in [-0.2, -0.15) is 0 Å². The van der Waals surface area contributed by atoms with Crippen LogP contribution in [0, 0.1) is 5.82 Å². The fourth-order valence-electron chi connectivity index (χ4n) is 1.32. The fourth-order valence-corrected chi connectivity index (χ4v) is 1.67. The third kappa shape index (κ3) is 2.84. The first-order valence-electron chi connectivity index (χ1n) is 5.04. The number of hydrogen-bond acceptors (Lipinski definition) is 3. The van der Waals surface area contributed by atoms with Gasteiger partial charge < -0.3 is 11.1 Å². The van der Waals surface area contributed by atoms with Crippen molar-refractivity contribution in [3.05, 3.63) is 52.5 Å². The van der Waals surface area contributed by atoms with E-state index >= 15 is 0 Å². The Morgan fingerprint density at radius 3 is 2.78 bits per heavy atom. The van der Waals surface area contributed by atoms with Crippen molar-refractivity contribution in [2.45, 2.75) is 0 Å². The summed E-state index contributed by atoms with van der Waals surface area (Å²) in [5.41, 5.74) is 6.50. The molecule has 0 saturated heterocycles. The van der Waals surface area contributed by atoms with Crippen LogP contribution in [0.1, 0.15) is 10.5 Å². The van der Waals surface area contributed by atoms with E-state index in [1.807, 2.05) is 0 Å². The molecule has 0 spiro atoms. The van der Waals surface area contributed by atoms with Crippen LogP contribution in [0.5, 0.6) is 0 Å². The van der Waals surface area contributed by atoms with Crippen molar-refractivity contribution in [1.82, 2.24) is 4.98 Å². The van der Waals surface area contributed by atoms with E-state index in [2.05, 4.69) is 26.2 Å². The number of nitrogen functional groups attached to an aromatic ring is 1. The van der Waals surface area contributed by atoms with Gasteiger partial charge in [-0.05, 0) is 46.3 Å². The number of hydrogen-bond donors (Lipinski definition) is 2. The Labute approximate surface area is 111 Å². The summed E-state index contributed by atoms with van der Waals surface area (Å²) in [4.78, 5) is 15.7.